The number of carbonyl (C=O) groups is 2. The molecule has 0 N–H and O–H groups in total. The number of rotatable bonds is 0. The molecule has 0 saturated heterocycles. The summed E-state index contributed by atoms with van der Waals surface area (Å²) in [5, 5.41) is 18.1. The molecule has 0 aliphatic rings. The Labute approximate surface area is 68.0 Å². The Kier molecular flexibility index (Phi) is 6.52. The van der Waals surface area contributed by atoms with Crippen molar-refractivity contribution in [1.29, 1.82) is 0 Å². The van der Waals surface area contributed by atoms with Crippen molar-refractivity contribution >= 4 is 12.3 Å². The number of hydrogen-bond acceptors (Lipinski definition) is 5. The van der Waals surface area contributed by atoms with Crippen molar-refractivity contribution in [3.8, 4) is 0 Å². The third-order valence-electron chi connectivity index (χ3n) is 0.167. The monoisotopic (exact) mass is 128 g/mol. The van der Waals surface area contributed by atoms with E-state index in [9.17, 15) is 0 Å². The van der Waals surface area contributed by atoms with Crippen molar-refractivity contribution in [2.24, 2.45) is 0 Å². The van der Waals surface area contributed by atoms with E-state index in [0.717, 1.165) is 0 Å². The van der Waals surface area contributed by atoms with Gasteiger partial charge in [-0.25, -0.2) is 0 Å². The van der Waals surface area contributed by atoms with Crippen LogP contribution in [0.4, 0.5) is 9.59 Å². The van der Waals surface area contributed by atoms with Gasteiger partial charge in [0.2, 0.25) is 0 Å². The van der Waals surface area contributed by atoms with Crippen molar-refractivity contribution in [2.75, 3.05) is 0 Å². The van der Waals surface area contributed by atoms with E-state index in [0.29, 0.717) is 0 Å². The fourth-order valence-electron chi connectivity index (χ4n) is 0.0680. The molecule has 40 valence electrons. The minimum Gasteiger partial charge on any atom is -0.483 e. The molecule has 0 aromatic rings. The molecule has 0 spiro atoms. The van der Waals surface area contributed by atoms with Gasteiger partial charge in [0.05, 0.1) is 0 Å². The van der Waals surface area contributed by atoms with Gasteiger partial charge >= 0.3 is 31.0 Å². The Bertz CT molecular complexity index is 91.1. The van der Waals surface area contributed by atoms with Crippen LogP contribution >= 0.6 is 0 Å². The van der Waals surface area contributed by atoms with E-state index in [1.807, 2.05) is 0 Å². The molecule has 0 atom stereocenters. The van der Waals surface area contributed by atoms with Gasteiger partial charge in [0.15, 0.2) is 0 Å². The van der Waals surface area contributed by atoms with Crippen LogP contribution in [0.1, 0.15) is 1.43 Å². The molecule has 0 rings (SSSR count). The van der Waals surface area contributed by atoms with Gasteiger partial charge < -0.3 is 24.5 Å². The van der Waals surface area contributed by atoms with E-state index in [1.165, 1.54) is 0 Å². The average Bonchev–Trinajstić information content (AvgIpc) is 1.27. The summed E-state index contributed by atoms with van der Waals surface area (Å²) in [6.07, 6.45) is -4.25. The van der Waals surface area contributed by atoms with Crippen molar-refractivity contribution in [2.45, 2.75) is 0 Å². The van der Waals surface area contributed by atoms with Crippen LogP contribution in [0.5, 0.6) is 0 Å². The summed E-state index contributed by atoms with van der Waals surface area (Å²) < 4.78 is 2.86. The summed E-state index contributed by atoms with van der Waals surface area (Å²) >= 11 is 0. The maximum Gasteiger partial charge on any atom is 1.00 e. The molecular formula is C2HNaO5. The van der Waals surface area contributed by atoms with Crippen molar-refractivity contribution in [3.63, 3.8) is 0 Å². The number of ether oxygens (including phenoxy) is 1. The van der Waals surface area contributed by atoms with E-state index in [2.05, 4.69) is 4.74 Å². The van der Waals surface area contributed by atoms with E-state index in [1.54, 1.807) is 0 Å². The first-order chi connectivity index (χ1) is 3.13. The molecule has 0 saturated carbocycles. The second-order valence-electron chi connectivity index (χ2n) is 0.602. The van der Waals surface area contributed by atoms with Gasteiger partial charge in [-0.05, 0) is 0 Å². The van der Waals surface area contributed by atoms with Gasteiger partial charge in [0.1, 0.15) is 0 Å². The fraction of sp³-hybridized carbons (Fsp3) is 0. The minimum atomic E-state index is -2.12. The fourth-order valence-corrected chi connectivity index (χ4v) is 0.0680. The van der Waals surface area contributed by atoms with E-state index >= 15 is 0 Å². The van der Waals surface area contributed by atoms with Gasteiger partial charge in [0.25, 0.3) is 12.3 Å². The first kappa shape index (κ1) is 10.7. The quantitative estimate of drug-likeness (QED) is 0.185. The van der Waals surface area contributed by atoms with E-state index in [-0.39, 0.29) is 31.0 Å². The Morgan fingerprint density at radius 3 is 1.50 bits per heavy atom. The van der Waals surface area contributed by atoms with Crippen LogP contribution in [-0.4, -0.2) is 12.3 Å². The molecule has 5 nitrogen and oxygen atoms in total. The molecule has 0 amide bonds. The zero-order valence-electron chi connectivity index (χ0n) is 5.04. The molecule has 0 aliphatic heterocycles. The van der Waals surface area contributed by atoms with Gasteiger partial charge in [-0.1, -0.05) is 0 Å². The number of carboxylic acid groups (broad SMARTS) is 2. The van der Waals surface area contributed by atoms with Gasteiger partial charge in [-0.3, -0.25) is 0 Å². The van der Waals surface area contributed by atoms with E-state index < -0.39 is 12.3 Å². The van der Waals surface area contributed by atoms with Crippen molar-refractivity contribution in [1.82, 2.24) is 0 Å². The molecule has 0 fully saturated rings. The second kappa shape index (κ2) is 4.89. The van der Waals surface area contributed by atoms with Crippen molar-refractivity contribution in [3.05, 3.63) is 0 Å². The normalized spacial score (nSPS) is 6.50. The average molecular weight is 128 g/mol. The predicted octanol–water partition coefficient (Wildman–Crippen LogP) is -5.19. The van der Waals surface area contributed by atoms with E-state index in [4.69, 9.17) is 19.8 Å². The predicted molar refractivity (Wildman–Crippen MR) is 13.0 cm³/mol. The zero-order valence-corrected chi connectivity index (χ0v) is 6.04. The Hall–Kier alpha value is -0.260. The molecule has 8 heavy (non-hydrogen) atoms. The summed E-state index contributed by atoms with van der Waals surface area (Å²) in [4.78, 5) is 18.1. The Morgan fingerprint density at radius 2 is 1.50 bits per heavy atom. The Morgan fingerprint density at radius 1 is 1.25 bits per heavy atom. The zero-order chi connectivity index (χ0) is 5.86. The van der Waals surface area contributed by atoms with Crippen LogP contribution in [0.15, 0.2) is 0 Å². The van der Waals surface area contributed by atoms with Crippen LogP contribution in [0.3, 0.4) is 0 Å². The largest absolute Gasteiger partial charge is 1.00 e. The third kappa shape index (κ3) is 9.22. The Balaban J connectivity index is -0.000000180. The summed E-state index contributed by atoms with van der Waals surface area (Å²) in [5.74, 6) is 0. The summed E-state index contributed by atoms with van der Waals surface area (Å²) in [6.45, 7) is 0. The van der Waals surface area contributed by atoms with Crippen LogP contribution in [0.2, 0.25) is 0 Å². The number of carbonyl (C=O) groups excluding carboxylic acids is 2. The second-order valence-corrected chi connectivity index (χ2v) is 0.602. The molecule has 0 aliphatic carbocycles. The molecule has 0 unspecified atom stereocenters. The molecular weight excluding hydrogens is 127 g/mol. The molecule has 0 bridgehead atoms. The molecule has 0 heterocycles. The minimum absolute atomic E-state index is 0. The molecule has 0 radical (unpaired) electrons. The standard InChI is InChI=1S/C2H2O5.Na/c3-1(4)7-2(5)6;/h(H,3,4)(H,5,6);/q;+1/p-1. The topological polar surface area (TPSA) is 89.5 Å². The molecule has 0 aromatic heterocycles. The number of hydrogen-bond donors (Lipinski definition) is 0. The summed E-state index contributed by atoms with van der Waals surface area (Å²) in [6, 6.07) is 0. The van der Waals surface area contributed by atoms with Gasteiger partial charge in [-0.2, -0.15) is 0 Å². The molecule has 0 aromatic carbocycles. The molecule has 6 heteroatoms. The first-order valence-corrected chi connectivity index (χ1v) is 1.22. The van der Waals surface area contributed by atoms with Crippen LogP contribution in [0, 0.1) is 0 Å². The van der Waals surface area contributed by atoms with Gasteiger partial charge in [0, 0.05) is 0 Å². The van der Waals surface area contributed by atoms with Crippen LogP contribution in [0.25, 0.3) is 0 Å². The smallest absolute Gasteiger partial charge is 0.483 e. The van der Waals surface area contributed by atoms with Gasteiger partial charge in [-0.15, -0.1) is 0 Å². The maximum absolute atomic E-state index is 9.06. The first-order valence-electron chi connectivity index (χ1n) is 1.22. The van der Waals surface area contributed by atoms with Crippen LogP contribution < -0.4 is 39.8 Å². The SMILES string of the molecule is O=C([O-])OC(=O)[O-].[H+].[Na+]. The van der Waals surface area contributed by atoms with Crippen molar-refractivity contribution < 1.29 is 55.5 Å². The van der Waals surface area contributed by atoms with Crippen LogP contribution in [-0.2, 0) is 4.74 Å². The summed E-state index contributed by atoms with van der Waals surface area (Å²) in [7, 11) is 0. The maximum atomic E-state index is 9.06. The third-order valence-corrected chi connectivity index (χ3v) is 0.167. The summed E-state index contributed by atoms with van der Waals surface area (Å²) in [5.41, 5.74) is 0.